The molecular weight excluding hydrogens is 452 g/mol. The lowest BCUT2D eigenvalue weighted by atomic mass is 9.87. The average molecular weight is 487 g/mol. The van der Waals surface area contributed by atoms with E-state index in [1.165, 1.54) is 11.1 Å². The summed E-state index contributed by atoms with van der Waals surface area (Å²) in [7, 11) is 4.87. The largest absolute Gasteiger partial charge is 0.493 e. The lowest BCUT2D eigenvalue weighted by Gasteiger charge is -2.19. The topological polar surface area (TPSA) is 61.7 Å². The van der Waals surface area contributed by atoms with Gasteiger partial charge in [-0.1, -0.05) is 54.1 Å². The molecule has 4 aromatic rings. The van der Waals surface area contributed by atoms with E-state index in [4.69, 9.17) is 14.2 Å². The summed E-state index contributed by atoms with van der Waals surface area (Å²) in [4.78, 5) is 13.0. The van der Waals surface area contributed by atoms with Gasteiger partial charge in [-0.3, -0.25) is 4.79 Å². The first kappa shape index (κ1) is 25.3. The number of nitrogens with zero attached hydrogens (tertiary/aromatic N) is 1. The van der Waals surface area contributed by atoms with Crippen molar-refractivity contribution >= 4 is 16.8 Å². The molecule has 4 rings (SSSR count). The third-order valence-electron chi connectivity index (χ3n) is 6.50. The van der Waals surface area contributed by atoms with Crippen molar-refractivity contribution in [3.63, 3.8) is 0 Å². The fourth-order valence-corrected chi connectivity index (χ4v) is 4.60. The molecule has 0 aliphatic rings. The number of rotatable bonds is 11. The molecule has 3 aromatic carbocycles. The van der Waals surface area contributed by atoms with Crippen LogP contribution in [0, 0.1) is 6.92 Å². The van der Waals surface area contributed by atoms with Gasteiger partial charge in [-0.15, -0.1) is 0 Å². The summed E-state index contributed by atoms with van der Waals surface area (Å²) >= 11 is 0. The minimum atomic E-state index is -0.170. The maximum atomic E-state index is 13.0. The Labute approximate surface area is 212 Å². The molecule has 36 heavy (non-hydrogen) atoms. The highest BCUT2D eigenvalue weighted by Crippen LogP contribution is 2.38. The maximum Gasteiger partial charge on any atom is 0.221 e. The Balaban J connectivity index is 1.78. The Hall–Kier alpha value is -3.77. The van der Waals surface area contributed by atoms with E-state index < -0.39 is 0 Å². The zero-order valence-electron chi connectivity index (χ0n) is 21.4. The van der Waals surface area contributed by atoms with Crippen molar-refractivity contribution in [2.45, 2.75) is 25.8 Å². The summed E-state index contributed by atoms with van der Waals surface area (Å²) in [5, 5.41) is 4.11. The number of aryl methyl sites for hydroxylation is 1. The van der Waals surface area contributed by atoms with Crippen LogP contribution in [-0.2, 0) is 16.1 Å². The van der Waals surface area contributed by atoms with Crippen LogP contribution >= 0.6 is 0 Å². The number of carbonyl (C=O) groups excluding carboxylic acids is 1. The highest BCUT2D eigenvalue weighted by Gasteiger charge is 2.24. The first-order valence-corrected chi connectivity index (χ1v) is 12.1. The predicted octanol–water partition coefficient (Wildman–Crippen LogP) is 5.30. The molecule has 1 atom stereocenters. The third-order valence-corrected chi connectivity index (χ3v) is 6.50. The monoisotopic (exact) mass is 486 g/mol. The van der Waals surface area contributed by atoms with Gasteiger partial charge in [0, 0.05) is 49.6 Å². The first-order chi connectivity index (χ1) is 17.5. The van der Waals surface area contributed by atoms with E-state index in [9.17, 15) is 4.79 Å². The number of amides is 1. The van der Waals surface area contributed by atoms with Crippen molar-refractivity contribution in [2.75, 3.05) is 34.5 Å². The lowest BCUT2D eigenvalue weighted by Crippen LogP contribution is -2.28. The van der Waals surface area contributed by atoms with Gasteiger partial charge in [0.2, 0.25) is 5.91 Å². The average Bonchev–Trinajstić information content (AvgIpc) is 3.26. The summed E-state index contributed by atoms with van der Waals surface area (Å²) in [6.45, 7) is 3.80. The van der Waals surface area contributed by atoms with Crippen LogP contribution in [0.25, 0.3) is 10.9 Å². The predicted molar refractivity (Wildman–Crippen MR) is 143 cm³/mol. The maximum absolute atomic E-state index is 13.0. The first-order valence-electron chi connectivity index (χ1n) is 12.1. The molecule has 0 spiro atoms. The molecule has 1 amide bonds. The van der Waals surface area contributed by atoms with Crippen LogP contribution in [0.4, 0.5) is 0 Å². The Morgan fingerprint density at radius 3 is 2.42 bits per heavy atom. The molecule has 0 unspecified atom stereocenters. The van der Waals surface area contributed by atoms with Gasteiger partial charge in [0.1, 0.15) is 0 Å². The molecule has 0 radical (unpaired) electrons. The fraction of sp³-hybridized carbons (Fsp3) is 0.300. The number of carbonyl (C=O) groups is 1. The molecule has 188 valence electrons. The second-order valence-corrected chi connectivity index (χ2v) is 8.93. The van der Waals surface area contributed by atoms with E-state index in [0.717, 1.165) is 28.6 Å². The summed E-state index contributed by atoms with van der Waals surface area (Å²) in [6.07, 6.45) is 2.49. The molecule has 1 heterocycles. The fourth-order valence-electron chi connectivity index (χ4n) is 4.60. The molecule has 1 N–H and O–H groups in total. The highest BCUT2D eigenvalue weighted by atomic mass is 16.5. The number of fused-ring (bicyclic) bond motifs is 1. The van der Waals surface area contributed by atoms with Gasteiger partial charge in [0.05, 0.1) is 20.8 Å². The van der Waals surface area contributed by atoms with Crippen molar-refractivity contribution in [3.8, 4) is 11.5 Å². The molecule has 0 saturated heterocycles. The van der Waals surface area contributed by atoms with Gasteiger partial charge in [-0.2, -0.15) is 0 Å². The number of ether oxygens (including phenoxy) is 3. The molecule has 0 aliphatic heterocycles. The number of para-hydroxylation sites is 1. The smallest absolute Gasteiger partial charge is 0.221 e. The highest BCUT2D eigenvalue weighted by molar-refractivity contribution is 5.87. The lowest BCUT2D eigenvalue weighted by molar-refractivity contribution is -0.121. The number of benzene rings is 3. The number of methoxy groups -OCH3 is 3. The van der Waals surface area contributed by atoms with Crippen molar-refractivity contribution < 1.29 is 19.0 Å². The van der Waals surface area contributed by atoms with Crippen LogP contribution in [0.1, 0.15) is 34.6 Å². The van der Waals surface area contributed by atoms with Gasteiger partial charge in [0.15, 0.2) is 11.5 Å². The van der Waals surface area contributed by atoms with E-state index in [0.29, 0.717) is 31.1 Å². The third kappa shape index (κ3) is 5.71. The van der Waals surface area contributed by atoms with E-state index >= 15 is 0 Å². The number of hydrogen-bond donors (Lipinski definition) is 1. The molecule has 6 nitrogen and oxygen atoms in total. The van der Waals surface area contributed by atoms with Gasteiger partial charge < -0.3 is 24.1 Å². The summed E-state index contributed by atoms with van der Waals surface area (Å²) in [6, 6.07) is 22.9. The number of aromatic nitrogens is 1. The number of nitrogens with one attached hydrogen (secondary N) is 1. The van der Waals surface area contributed by atoms with Gasteiger partial charge >= 0.3 is 0 Å². The normalized spacial score (nSPS) is 11.9. The molecule has 1 aromatic heterocycles. The Morgan fingerprint density at radius 1 is 0.944 bits per heavy atom. The zero-order chi connectivity index (χ0) is 25.5. The van der Waals surface area contributed by atoms with Crippen molar-refractivity contribution in [1.82, 2.24) is 9.88 Å². The van der Waals surface area contributed by atoms with Crippen molar-refractivity contribution in [3.05, 3.63) is 95.2 Å². The van der Waals surface area contributed by atoms with Crippen LogP contribution in [0.5, 0.6) is 11.5 Å². The zero-order valence-corrected chi connectivity index (χ0v) is 21.4. The molecule has 0 saturated carbocycles. The van der Waals surface area contributed by atoms with E-state index in [1.54, 1.807) is 21.3 Å². The second kappa shape index (κ2) is 11.8. The van der Waals surface area contributed by atoms with E-state index in [1.807, 2.05) is 24.3 Å². The quantitative estimate of drug-likeness (QED) is 0.292. The minimum Gasteiger partial charge on any atom is -0.493 e. The molecule has 0 bridgehead atoms. The molecule has 6 heteroatoms. The van der Waals surface area contributed by atoms with Crippen molar-refractivity contribution in [1.29, 1.82) is 0 Å². The van der Waals surface area contributed by atoms with Crippen LogP contribution in [-0.4, -0.2) is 45.0 Å². The van der Waals surface area contributed by atoms with Gasteiger partial charge in [-0.25, -0.2) is 0 Å². The van der Waals surface area contributed by atoms with Crippen LogP contribution < -0.4 is 14.8 Å². The minimum absolute atomic E-state index is 0.0257. The molecular formula is C30H34N2O4. The Morgan fingerprint density at radius 2 is 1.69 bits per heavy atom. The van der Waals surface area contributed by atoms with Crippen LogP contribution in [0.15, 0.2) is 72.9 Å². The SMILES string of the molecule is COCCNC(=O)C[C@H](c1ccc(OC)c(OC)c1)c1cn(Cc2ccc(C)cc2)c2ccccc12. The van der Waals surface area contributed by atoms with Gasteiger partial charge in [0.25, 0.3) is 0 Å². The summed E-state index contributed by atoms with van der Waals surface area (Å²) in [5.41, 5.74) is 5.70. The van der Waals surface area contributed by atoms with Crippen LogP contribution in [0.3, 0.4) is 0 Å². The van der Waals surface area contributed by atoms with Gasteiger partial charge in [-0.05, 0) is 41.8 Å². The summed E-state index contributed by atoms with van der Waals surface area (Å²) in [5.74, 6) is 1.10. The Bertz CT molecular complexity index is 1310. The van der Waals surface area contributed by atoms with E-state index in [2.05, 4.69) is 65.5 Å². The molecule has 0 fully saturated rings. The second-order valence-electron chi connectivity index (χ2n) is 8.93. The number of hydrogen-bond acceptors (Lipinski definition) is 4. The van der Waals surface area contributed by atoms with Crippen molar-refractivity contribution in [2.24, 2.45) is 0 Å². The molecule has 0 aliphatic carbocycles. The Kier molecular flexibility index (Phi) is 8.28. The van der Waals surface area contributed by atoms with E-state index in [-0.39, 0.29) is 11.8 Å². The standard InChI is InChI=1S/C30H34N2O4/c1-21-9-11-22(12-10-21)19-32-20-26(24-7-5-6-8-27(24)32)25(18-30(33)31-15-16-34-2)23-13-14-28(35-3)29(17-23)36-4/h5-14,17,20,25H,15-16,18-19H2,1-4H3,(H,31,33)/t25-/m1/s1. The summed E-state index contributed by atoms with van der Waals surface area (Å²) < 4.78 is 18.4. The van der Waals surface area contributed by atoms with Crippen LogP contribution in [0.2, 0.25) is 0 Å².